The van der Waals surface area contributed by atoms with Gasteiger partial charge < -0.3 is 4.74 Å². The Bertz CT molecular complexity index is 1340. The quantitative estimate of drug-likeness (QED) is 0.451. The van der Waals surface area contributed by atoms with Crippen LogP contribution in [-0.4, -0.2) is 22.6 Å². The lowest BCUT2D eigenvalue weighted by Crippen LogP contribution is -2.34. The predicted molar refractivity (Wildman–Crippen MR) is 126 cm³/mol. The summed E-state index contributed by atoms with van der Waals surface area (Å²) in [6.07, 6.45) is 4.08. The van der Waals surface area contributed by atoms with E-state index in [1.54, 1.807) is 67.0 Å². The summed E-state index contributed by atoms with van der Waals surface area (Å²) < 4.78 is 6.76. The molecule has 0 saturated carbocycles. The number of ether oxygens (including phenoxy) is 1. The fourth-order valence-electron chi connectivity index (χ4n) is 4.03. The second-order valence-corrected chi connectivity index (χ2v) is 8.69. The maximum absolute atomic E-state index is 13.7. The van der Waals surface area contributed by atoms with Gasteiger partial charge in [-0.25, -0.2) is 9.55 Å². The summed E-state index contributed by atoms with van der Waals surface area (Å²) in [5.74, 6) is 0.637. The van der Waals surface area contributed by atoms with Gasteiger partial charge in [-0.3, -0.25) is 20.4 Å². The van der Waals surface area contributed by atoms with E-state index in [1.807, 2.05) is 6.07 Å². The lowest BCUT2D eigenvalue weighted by Gasteiger charge is -2.16. The molecule has 0 bridgehead atoms. The minimum Gasteiger partial charge on any atom is -0.497 e. The molecular weight excluding hydrogens is 424 g/mol. The first-order valence-corrected chi connectivity index (χ1v) is 11.3. The lowest BCUT2D eigenvalue weighted by molar-refractivity contribution is 0.0962. The topological polar surface area (TPSA) is 85.2 Å². The number of hydrogen-bond donors (Lipinski definition) is 2. The third kappa shape index (κ3) is 3.62. The maximum atomic E-state index is 13.7. The van der Waals surface area contributed by atoms with Crippen LogP contribution < -0.4 is 21.1 Å². The van der Waals surface area contributed by atoms with Crippen molar-refractivity contribution in [2.24, 2.45) is 0 Å². The molecule has 0 fully saturated rings. The van der Waals surface area contributed by atoms with E-state index in [9.17, 15) is 9.59 Å². The first-order chi connectivity index (χ1) is 15.7. The largest absolute Gasteiger partial charge is 0.497 e. The normalized spacial score (nSPS) is 12.9. The Balaban J connectivity index is 1.61. The molecule has 7 nitrogen and oxygen atoms in total. The fraction of sp³-hybridized carbons (Fsp3) is 0.208. The molecule has 2 heterocycles. The molecule has 0 aliphatic heterocycles. The number of benzene rings is 2. The lowest BCUT2D eigenvalue weighted by atomic mass is 9.97. The Hall–Kier alpha value is -3.65. The first-order valence-electron chi connectivity index (χ1n) is 10.5. The maximum Gasteiger partial charge on any atom is 0.269 e. The van der Waals surface area contributed by atoms with E-state index in [-0.39, 0.29) is 17.4 Å². The van der Waals surface area contributed by atoms with Crippen LogP contribution in [0.4, 0.5) is 5.95 Å². The highest BCUT2D eigenvalue weighted by atomic mass is 32.1. The summed E-state index contributed by atoms with van der Waals surface area (Å²) in [6, 6.07) is 16.1. The number of thiophene rings is 1. The summed E-state index contributed by atoms with van der Waals surface area (Å²) in [4.78, 5) is 32.9. The third-order valence-electron chi connectivity index (χ3n) is 5.64. The van der Waals surface area contributed by atoms with Gasteiger partial charge in [0, 0.05) is 10.4 Å². The molecule has 0 saturated heterocycles. The molecule has 2 aromatic heterocycles. The molecule has 0 spiro atoms. The van der Waals surface area contributed by atoms with Crippen molar-refractivity contribution in [3.8, 4) is 11.4 Å². The Morgan fingerprint density at radius 3 is 2.56 bits per heavy atom. The Kier molecular flexibility index (Phi) is 5.36. The zero-order valence-electron chi connectivity index (χ0n) is 17.6. The molecule has 1 amide bonds. The van der Waals surface area contributed by atoms with Crippen molar-refractivity contribution >= 4 is 33.4 Å². The van der Waals surface area contributed by atoms with E-state index in [4.69, 9.17) is 9.72 Å². The van der Waals surface area contributed by atoms with Gasteiger partial charge in [-0.15, -0.1) is 11.3 Å². The fourth-order valence-corrected chi connectivity index (χ4v) is 5.29. The second kappa shape index (κ2) is 8.47. The number of carbonyl (C=O) groups excluding carboxylic acids is 1. The van der Waals surface area contributed by atoms with Crippen molar-refractivity contribution in [2.45, 2.75) is 25.7 Å². The van der Waals surface area contributed by atoms with Crippen LogP contribution >= 0.6 is 11.3 Å². The number of carbonyl (C=O) groups is 1. The van der Waals surface area contributed by atoms with Crippen molar-refractivity contribution in [1.29, 1.82) is 0 Å². The van der Waals surface area contributed by atoms with Crippen LogP contribution in [0.3, 0.4) is 0 Å². The number of anilines is 1. The average molecular weight is 447 g/mol. The zero-order valence-corrected chi connectivity index (χ0v) is 18.4. The highest BCUT2D eigenvalue weighted by molar-refractivity contribution is 7.18. The monoisotopic (exact) mass is 446 g/mol. The molecule has 8 heteroatoms. The van der Waals surface area contributed by atoms with Gasteiger partial charge in [0.25, 0.3) is 11.5 Å². The highest BCUT2D eigenvalue weighted by Gasteiger charge is 2.23. The zero-order chi connectivity index (χ0) is 22.1. The van der Waals surface area contributed by atoms with Gasteiger partial charge in [0.05, 0.1) is 18.2 Å². The van der Waals surface area contributed by atoms with Crippen LogP contribution in [0.2, 0.25) is 0 Å². The Labute approximate surface area is 188 Å². The second-order valence-electron chi connectivity index (χ2n) is 7.61. The molecule has 5 rings (SSSR count). The SMILES string of the molecule is COc1ccc(-n2c(NNC(=O)c3ccccc3)nc3sc4c(c3c2=O)CCCC4)cc1. The summed E-state index contributed by atoms with van der Waals surface area (Å²) in [5, 5.41) is 0.681. The molecule has 2 aromatic carbocycles. The van der Waals surface area contributed by atoms with Gasteiger partial charge >= 0.3 is 0 Å². The number of hydrazine groups is 1. The molecule has 32 heavy (non-hydrogen) atoms. The molecule has 1 aliphatic rings. The minimum absolute atomic E-state index is 0.143. The van der Waals surface area contributed by atoms with E-state index in [1.165, 1.54) is 9.44 Å². The molecule has 0 atom stereocenters. The summed E-state index contributed by atoms with van der Waals surface area (Å²) in [7, 11) is 1.60. The molecule has 2 N–H and O–H groups in total. The van der Waals surface area contributed by atoms with Crippen LogP contribution in [0, 0.1) is 0 Å². The van der Waals surface area contributed by atoms with Crippen molar-refractivity contribution < 1.29 is 9.53 Å². The number of fused-ring (bicyclic) bond motifs is 3. The van der Waals surface area contributed by atoms with Crippen molar-refractivity contribution in [3.05, 3.63) is 81.0 Å². The van der Waals surface area contributed by atoms with Gasteiger partial charge in [0.1, 0.15) is 10.6 Å². The smallest absolute Gasteiger partial charge is 0.269 e. The number of amides is 1. The van der Waals surface area contributed by atoms with Gasteiger partial charge in [-0.05, 0) is 67.6 Å². The number of methoxy groups -OCH3 is 1. The number of nitrogens with zero attached hydrogens (tertiary/aromatic N) is 2. The van der Waals surface area contributed by atoms with Crippen LogP contribution in [0.15, 0.2) is 59.4 Å². The minimum atomic E-state index is -0.313. The van der Waals surface area contributed by atoms with Crippen molar-refractivity contribution in [2.75, 3.05) is 12.5 Å². The van der Waals surface area contributed by atoms with E-state index in [2.05, 4.69) is 10.9 Å². The van der Waals surface area contributed by atoms with Gasteiger partial charge in [0.2, 0.25) is 5.95 Å². The van der Waals surface area contributed by atoms with Gasteiger partial charge in [0.15, 0.2) is 0 Å². The van der Waals surface area contributed by atoms with Crippen LogP contribution in [0.25, 0.3) is 15.9 Å². The summed E-state index contributed by atoms with van der Waals surface area (Å²) >= 11 is 1.57. The van der Waals surface area contributed by atoms with Crippen LogP contribution in [-0.2, 0) is 12.8 Å². The first kappa shape index (κ1) is 20.3. The molecule has 4 aromatic rings. The summed E-state index contributed by atoms with van der Waals surface area (Å²) in [5.41, 5.74) is 7.67. The van der Waals surface area contributed by atoms with Crippen molar-refractivity contribution in [1.82, 2.24) is 15.0 Å². The van der Waals surface area contributed by atoms with Crippen LogP contribution in [0.5, 0.6) is 5.75 Å². The molecule has 162 valence electrons. The molecular formula is C24H22N4O3S. The Morgan fingerprint density at radius 1 is 1.06 bits per heavy atom. The average Bonchev–Trinajstić information content (AvgIpc) is 3.22. The number of aryl methyl sites for hydroxylation is 2. The molecule has 0 radical (unpaired) electrons. The third-order valence-corrected chi connectivity index (χ3v) is 6.83. The number of hydrogen-bond acceptors (Lipinski definition) is 6. The van der Waals surface area contributed by atoms with Gasteiger partial charge in [-0.1, -0.05) is 18.2 Å². The molecule has 1 aliphatic carbocycles. The predicted octanol–water partition coefficient (Wildman–Crippen LogP) is 4.09. The summed E-state index contributed by atoms with van der Waals surface area (Å²) in [6.45, 7) is 0. The molecule has 0 unspecified atom stereocenters. The number of nitrogens with one attached hydrogen (secondary N) is 2. The van der Waals surface area contributed by atoms with Crippen LogP contribution in [0.1, 0.15) is 33.6 Å². The Morgan fingerprint density at radius 2 is 1.81 bits per heavy atom. The van der Waals surface area contributed by atoms with E-state index in [0.29, 0.717) is 27.2 Å². The highest BCUT2D eigenvalue weighted by Crippen LogP contribution is 2.34. The standard InChI is InChI=1S/C24H22N4O3S/c1-31-17-13-11-16(12-14-17)28-23(30)20-18-9-5-6-10-19(18)32-22(20)25-24(28)27-26-21(29)15-7-3-2-4-8-15/h2-4,7-8,11-14H,5-6,9-10H2,1H3,(H,25,27)(H,26,29). The van der Waals surface area contributed by atoms with E-state index < -0.39 is 0 Å². The van der Waals surface area contributed by atoms with Gasteiger partial charge in [-0.2, -0.15) is 0 Å². The van der Waals surface area contributed by atoms with Crippen molar-refractivity contribution in [3.63, 3.8) is 0 Å². The van der Waals surface area contributed by atoms with E-state index in [0.717, 1.165) is 31.2 Å². The number of rotatable bonds is 5. The van der Waals surface area contributed by atoms with E-state index >= 15 is 0 Å². The number of aromatic nitrogens is 2.